The first-order valence-electron chi connectivity index (χ1n) is 7.27. The number of nitro groups is 1. The molecule has 0 saturated carbocycles. The van der Waals surface area contributed by atoms with Crippen LogP contribution in [0, 0.1) is 10.1 Å². The Balaban J connectivity index is 2.09. The molecule has 0 spiro atoms. The van der Waals surface area contributed by atoms with Crippen molar-refractivity contribution in [3.8, 4) is 0 Å². The standard InChI is InChI=1S/C13H17ClN4O3S/c1-2-3-4-5-6-7-8-9-16-17-12(19)10(18(20)21)11(14)15-13(17)22-9/h2-8H2,1H3. The van der Waals surface area contributed by atoms with E-state index in [9.17, 15) is 14.9 Å². The van der Waals surface area contributed by atoms with Crippen LogP contribution < -0.4 is 5.56 Å². The fourth-order valence-corrected chi connectivity index (χ4v) is 3.37. The molecule has 0 atom stereocenters. The van der Waals surface area contributed by atoms with Crippen molar-refractivity contribution < 1.29 is 4.92 Å². The first kappa shape index (κ1) is 16.8. The van der Waals surface area contributed by atoms with E-state index in [0.717, 1.165) is 28.8 Å². The predicted molar refractivity (Wildman–Crippen MR) is 85.9 cm³/mol. The quantitative estimate of drug-likeness (QED) is 0.316. The van der Waals surface area contributed by atoms with Gasteiger partial charge in [-0.15, -0.1) is 0 Å². The number of fused-ring (bicyclic) bond motifs is 1. The third kappa shape index (κ3) is 3.80. The maximum atomic E-state index is 12.0. The van der Waals surface area contributed by atoms with Crippen LogP contribution in [-0.2, 0) is 6.42 Å². The van der Waals surface area contributed by atoms with E-state index in [1.165, 1.54) is 37.0 Å². The minimum atomic E-state index is -0.828. The topological polar surface area (TPSA) is 90.4 Å². The van der Waals surface area contributed by atoms with Crippen molar-refractivity contribution in [3.05, 3.63) is 30.6 Å². The maximum Gasteiger partial charge on any atom is 0.372 e. The van der Waals surface area contributed by atoms with Gasteiger partial charge in [-0.1, -0.05) is 62.0 Å². The molecule has 0 aliphatic heterocycles. The summed E-state index contributed by atoms with van der Waals surface area (Å²) in [7, 11) is 0. The number of aromatic nitrogens is 3. The van der Waals surface area contributed by atoms with Crippen LogP contribution >= 0.6 is 22.9 Å². The fraction of sp³-hybridized carbons (Fsp3) is 0.615. The van der Waals surface area contributed by atoms with E-state index in [2.05, 4.69) is 17.0 Å². The van der Waals surface area contributed by atoms with E-state index in [0.29, 0.717) is 4.96 Å². The third-order valence-corrected chi connectivity index (χ3v) is 4.54. The molecule has 0 aliphatic carbocycles. The summed E-state index contributed by atoms with van der Waals surface area (Å²) in [5, 5.41) is 15.3. The van der Waals surface area contributed by atoms with Gasteiger partial charge in [-0.3, -0.25) is 14.9 Å². The van der Waals surface area contributed by atoms with Crippen molar-refractivity contribution in [3.63, 3.8) is 0 Å². The third-order valence-electron chi connectivity index (χ3n) is 3.31. The molecule has 2 aromatic rings. The highest BCUT2D eigenvalue weighted by Gasteiger charge is 2.24. The molecule has 9 heteroatoms. The Morgan fingerprint density at radius 1 is 1.27 bits per heavy atom. The van der Waals surface area contributed by atoms with Crippen LogP contribution in [0.25, 0.3) is 4.96 Å². The lowest BCUT2D eigenvalue weighted by Gasteiger charge is -1.98. The average Bonchev–Trinajstić information content (AvgIpc) is 2.85. The number of aryl methyl sites for hydroxylation is 1. The fourth-order valence-electron chi connectivity index (χ4n) is 2.16. The number of hydrogen-bond acceptors (Lipinski definition) is 6. The number of unbranched alkanes of at least 4 members (excludes halogenated alkanes) is 5. The lowest BCUT2D eigenvalue weighted by molar-refractivity contribution is -0.386. The van der Waals surface area contributed by atoms with E-state index in [1.54, 1.807) is 0 Å². The summed E-state index contributed by atoms with van der Waals surface area (Å²) in [5.41, 5.74) is -1.55. The number of rotatable bonds is 8. The van der Waals surface area contributed by atoms with Crippen LogP contribution in [-0.4, -0.2) is 19.5 Å². The molecule has 2 rings (SSSR count). The van der Waals surface area contributed by atoms with Gasteiger partial charge in [-0.25, -0.2) is 0 Å². The van der Waals surface area contributed by atoms with E-state index in [4.69, 9.17) is 11.6 Å². The van der Waals surface area contributed by atoms with Gasteiger partial charge >= 0.3 is 11.2 Å². The predicted octanol–water partition coefficient (Wildman–Crippen LogP) is 3.62. The van der Waals surface area contributed by atoms with E-state index in [1.807, 2.05) is 0 Å². The Bertz CT molecular complexity index is 728. The minimum absolute atomic E-state index is 0.293. The van der Waals surface area contributed by atoms with Gasteiger partial charge in [0, 0.05) is 6.42 Å². The monoisotopic (exact) mass is 344 g/mol. The summed E-state index contributed by atoms with van der Waals surface area (Å²) in [6, 6.07) is 0. The van der Waals surface area contributed by atoms with Gasteiger partial charge < -0.3 is 0 Å². The van der Waals surface area contributed by atoms with Crippen molar-refractivity contribution in [2.75, 3.05) is 0 Å². The Hall–Kier alpha value is -1.54. The Labute approximate surface area is 136 Å². The Morgan fingerprint density at radius 2 is 1.95 bits per heavy atom. The van der Waals surface area contributed by atoms with Crippen molar-refractivity contribution in [2.45, 2.75) is 51.9 Å². The summed E-state index contributed by atoms with van der Waals surface area (Å²) in [5.74, 6) is 0. The summed E-state index contributed by atoms with van der Waals surface area (Å²) < 4.78 is 0.973. The lowest BCUT2D eigenvalue weighted by Crippen LogP contribution is -2.19. The highest BCUT2D eigenvalue weighted by atomic mass is 35.5. The Morgan fingerprint density at radius 3 is 2.64 bits per heavy atom. The smallest absolute Gasteiger partial charge is 0.259 e. The molecule has 22 heavy (non-hydrogen) atoms. The normalized spacial score (nSPS) is 11.2. The largest absolute Gasteiger partial charge is 0.372 e. The van der Waals surface area contributed by atoms with Crippen LogP contribution in [0.15, 0.2) is 4.79 Å². The molecule has 0 bridgehead atoms. The lowest BCUT2D eigenvalue weighted by atomic mass is 10.1. The average molecular weight is 345 g/mol. The van der Waals surface area contributed by atoms with Gasteiger partial charge in [-0.05, 0) is 6.42 Å². The second kappa shape index (κ2) is 7.64. The first-order valence-corrected chi connectivity index (χ1v) is 8.46. The molecule has 120 valence electrons. The SMILES string of the molecule is CCCCCCCCc1nn2c(=O)c([N+](=O)[O-])c(Cl)nc2s1. The molecule has 0 N–H and O–H groups in total. The van der Waals surface area contributed by atoms with Gasteiger partial charge in [0.05, 0.1) is 4.92 Å². The van der Waals surface area contributed by atoms with Crippen LogP contribution in [0.3, 0.4) is 0 Å². The molecule has 7 nitrogen and oxygen atoms in total. The number of hydrogen-bond donors (Lipinski definition) is 0. The molecule has 0 aromatic carbocycles. The van der Waals surface area contributed by atoms with Crippen molar-refractivity contribution in [1.82, 2.24) is 14.6 Å². The van der Waals surface area contributed by atoms with E-state index in [-0.39, 0.29) is 5.15 Å². The van der Waals surface area contributed by atoms with Gasteiger partial charge in [0.25, 0.3) is 0 Å². The van der Waals surface area contributed by atoms with Gasteiger partial charge in [0.15, 0.2) is 0 Å². The highest BCUT2D eigenvalue weighted by Crippen LogP contribution is 2.21. The molecular weight excluding hydrogens is 328 g/mol. The highest BCUT2D eigenvalue weighted by molar-refractivity contribution is 7.16. The maximum absolute atomic E-state index is 12.0. The van der Waals surface area contributed by atoms with Gasteiger partial charge in [0.1, 0.15) is 5.01 Å². The first-order chi connectivity index (χ1) is 10.5. The zero-order valence-corrected chi connectivity index (χ0v) is 13.8. The Kier molecular flexibility index (Phi) is 5.84. The summed E-state index contributed by atoms with van der Waals surface area (Å²) >= 11 is 6.95. The number of nitrogens with zero attached hydrogens (tertiary/aromatic N) is 4. The summed E-state index contributed by atoms with van der Waals surface area (Å²) in [6.45, 7) is 2.18. The zero-order valence-electron chi connectivity index (χ0n) is 12.2. The molecule has 0 unspecified atom stereocenters. The minimum Gasteiger partial charge on any atom is -0.259 e. The molecule has 0 aliphatic rings. The summed E-state index contributed by atoms with van der Waals surface area (Å²) in [4.78, 5) is 26.2. The van der Waals surface area contributed by atoms with Crippen LogP contribution in [0.4, 0.5) is 5.69 Å². The second-order valence-electron chi connectivity index (χ2n) is 5.02. The molecule has 0 saturated heterocycles. The van der Waals surface area contributed by atoms with Crippen molar-refractivity contribution in [2.24, 2.45) is 0 Å². The number of halogens is 1. The van der Waals surface area contributed by atoms with Gasteiger partial charge in [0.2, 0.25) is 10.1 Å². The molecular formula is C13H17ClN4O3S. The summed E-state index contributed by atoms with van der Waals surface area (Å²) in [6.07, 6.45) is 7.72. The van der Waals surface area contributed by atoms with E-state index >= 15 is 0 Å². The molecule has 2 aromatic heterocycles. The van der Waals surface area contributed by atoms with Crippen LogP contribution in [0.2, 0.25) is 5.15 Å². The second-order valence-corrected chi connectivity index (χ2v) is 6.42. The zero-order chi connectivity index (χ0) is 16.1. The molecule has 2 heterocycles. The van der Waals surface area contributed by atoms with Crippen LogP contribution in [0.1, 0.15) is 50.5 Å². The molecule has 0 amide bonds. The van der Waals surface area contributed by atoms with Crippen molar-refractivity contribution >= 4 is 33.6 Å². The van der Waals surface area contributed by atoms with Crippen molar-refractivity contribution in [1.29, 1.82) is 0 Å². The van der Waals surface area contributed by atoms with Crippen LogP contribution in [0.5, 0.6) is 0 Å². The van der Waals surface area contributed by atoms with E-state index < -0.39 is 16.2 Å². The molecule has 0 fully saturated rings. The molecule has 0 radical (unpaired) electrons. The van der Waals surface area contributed by atoms with Gasteiger partial charge in [-0.2, -0.15) is 14.6 Å².